The van der Waals surface area contributed by atoms with Crippen molar-refractivity contribution in [2.45, 2.75) is 46.3 Å². The first-order chi connectivity index (χ1) is 9.76. The fraction of sp³-hybridized carbons (Fsp3) is 0.562. The van der Waals surface area contributed by atoms with Crippen LogP contribution in [0.4, 0.5) is 10.5 Å². The number of benzene rings is 1. The molecule has 1 aromatic rings. The molecule has 2 N–H and O–H groups in total. The molecule has 0 atom stereocenters. The van der Waals surface area contributed by atoms with Gasteiger partial charge in [-0.25, -0.2) is 4.79 Å². The first-order valence-corrected chi connectivity index (χ1v) is 7.22. The van der Waals surface area contributed by atoms with Gasteiger partial charge in [0.25, 0.3) is 0 Å². The van der Waals surface area contributed by atoms with Crippen LogP contribution in [0.1, 0.15) is 34.6 Å². The zero-order valence-electron chi connectivity index (χ0n) is 13.5. The summed E-state index contributed by atoms with van der Waals surface area (Å²) in [6, 6.07) is 7.67. The van der Waals surface area contributed by atoms with E-state index in [1.54, 1.807) is 12.1 Å². The Kier molecular flexibility index (Phi) is 6.49. The summed E-state index contributed by atoms with van der Waals surface area (Å²) in [5.41, 5.74) is 0.174. The summed E-state index contributed by atoms with van der Waals surface area (Å²) >= 11 is 0. The van der Waals surface area contributed by atoms with Crippen molar-refractivity contribution in [3.63, 3.8) is 0 Å². The SMILES string of the molecule is CC(C)NCCOc1ccc(NC(=O)OC(C)(C)C)cc1. The van der Waals surface area contributed by atoms with Crippen LogP contribution in [-0.2, 0) is 4.74 Å². The standard InChI is InChI=1S/C16H26N2O3/c1-12(2)17-10-11-20-14-8-6-13(7-9-14)18-15(19)21-16(3,4)5/h6-9,12,17H,10-11H2,1-5H3,(H,18,19). The molecule has 1 rings (SSSR count). The van der Waals surface area contributed by atoms with E-state index in [4.69, 9.17) is 9.47 Å². The van der Waals surface area contributed by atoms with E-state index in [-0.39, 0.29) is 0 Å². The number of amides is 1. The molecule has 0 spiro atoms. The Hall–Kier alpha value is -1.75. The van der Waals surface area contributed by atoms with Crippen LogP contribution in [0.25, 0.3) is 0 Å². The smallest absolute Gasteiger partial charge is 0.412 e. The molecule has 0 aliphatic heterocycles. The van der Waals surface area contributed by atoms with E-state index >= 15 is 0 Å². The van der Waals surface area contributed by atoms with Crippen molar-refractivity contribution in [2.24, 2.45) is 0 Å². The molecule has 0 aromatic heterocycles. The lowest BCUT2D eigenvalue weighted by Gasteiger charge is -2.19. The Balaban J connectivity index is 2.38. The van der Waals surface area contributed by atoms with Crippen LogP contribution in [0.15, 0.2) is 24.3 Å². The normalized spacial score (nSPS) is 11.3. The average Bonchev–Trinajstić information content (AvgIpc) is 2.34. The van der Waals surface area contributed by atoms with Gasteiger partial charge in [0.2, 0.25) is 0 Å². The molecule has 5 heteroatoms. The molecule has 21 heavy (non-hydrogen) atoms. The molecule has 0 saturated heterocycles. The minimum absolute atomic E-state index is 0.453. The number of carbonyl (C=O) groups is 1. The molecule has 0 fully saturated rings. The number of ether oxygens (including phenoxy) is 2. The fourth-order valence-corrected chi connectivity index (χ4v) is 1.57. The molecular weight excluding hydrogens is 268 g/mol. The average molecular weight is 294 g/mol. The highest BCUT2D eigenvalue weighted by atomic mass is 16.6. The molecular formula is C16H26N2O3. The van der Waals surface area contributed by atoms with Gasteiger partial charge in [-0.05, 0) is 45.0 Å². The summed E-state index contributed by atoms with van der Waals surface area (Å²) in [6.45, 7) is 11.1. The zero-order valence-corrected chi connectivity index (χ0v) is 13.5. The molecule has 0 aliphatic rings. The number of nitrogens with one attached hydrogen (secondary N) is 2. The summed E-state index contributed by atoms with van der Waals surface area (Å²) in [6.07, 6.45) is -0.461. The number of hydrogen-bond donors (Lipinski definition) is 2. The van der Waals surface area contributed by atoms with Crippen molar-refractivity contribution in [3.8, 4) is 5.75 Å². The fourth-order valence-electron chi connectivity index (χ4n) is 1.57. The predicted octanol–water partition coefficient (Wildman–Crippen LogP) is 3.41. The maximum Gasteiger partial charge on any atom is 0.412 e. The van der Waals surface area contributed by atoms with Crippen LogP contribution in [0.2, 0.25) is 0 Å². The Morgan fingerprint density at radius 3 is 2.33 bits per heavy atom. The van der Waals surface area contributed by atoms with E-state index in [2.05, 4.69) is 24.5 Å². The van der Waals surface area contributed by atoms with Gasteiger partial charge in [0.1, 0.15) is 18.0 Å². The molecule has 1 aromatic carbocycles. The van der Waals surface area contributed by atoms with Crippen molar-refractivity contribution >= 4 is 11.8 Å². The highest BCUT2D eigenvalue weighted by Crippen LogP contribution is 2.16. The van der Waals surface area contributed by atoms with E-state index in [9.17, 15) is 4.79 Å². The second-order valence-corrected chi connectivity index (χ2v) is 6.11. The molecule has 118 valence electrons. The van der Waals surface area contributed by atoms with Crippen molar-refractivity contribution < 1.29 is 14.3 Å². The Bertz CT molecular complexity index is 436. The van der Waals surface area contributed by atoms with Gasteiger partial charge >= 0.3 is 6.09 Å². The first-order valence-electron chi connectivity index (χ1n) is 7.22. The van der Waals surface area contributed by atoms with Gasteiger partial charge in [-0.3, -0.25) is 5.32 Å². The van der Waals surface area contributed by atoms with Crippen LogP contribution in [-0.4, -0.2) is 30.9 Å². The van der Waals surface area contributed by atoms with E-state index in [1.807, 2.05) is 32.9 Å². The van der Waals surface area contributed by atoms with Gasteiger partial charge in [0.15, 0.2) is 0 Å². The van der Waals surface area contributed by atoms with Gasteiger partial charge in [0, 0.05) is 18.3 Å². The van der Waals surface area contributed by atoms with E-state index < -0.39 is 11.7 Å². The molecule has 0 saturated carbocycles. The monoisotopic (exact) mass is 294 g/mol. The predicted molar refractivity (Wildman–Crippen MR) is 84.9 cm³/mol. The van der Waals surface area contributed by atoms with Gasteiger partial charge in [0.05, 0.1) is 0 Å². The first kappa shape index (κ1) is 17.3. The minimum Gasteiger partial charge on any atom is -0.492 e. The van der Waals surface area contributed by atoms with Gasteiger partial charge in [-0.2, -0.15) is 0 Å². The zero-order chi connectivity index (χ0) is 15.9. The molecule has 0 radical (unpaired) electrons. The highest BCUT2D eigenvalue weighted by Gasteiger charge is 2.16. The number of rotatable bonds is 6. The summed E-state index contributed by atoms with van der Waals surface area (Å²) < 4.78 is 10.8. The Labute approximate surface area is 127 Å². The van der Waals surface area contributed by atoms with Crippen LogP contribution in [0, 0.1) is 0 Å². The number of carbonyl (C=O) groups excluding carboxylic acids is 1. The van der Waals surface area contributed by atoms with Crippen LogP contribution < -0.4 is 15.4 Å². The number of hydrogen-bond acceptors (Lipinski definition) is 4. The quantitative estimate of drug-likeness (QED) is 0.789. The summed E-state index contributed by atoms with van der Waals surface area (Å²) in [4.78, 5) is 11.6. The Morgan fingerprint density at radius 2 is 1.81 bits per heavy atom. The largest absolute Gasteiger partial charge is 0.492 e. The molecule has 5 nitrogen and oxygen atoms in total. The lowest BCUT2D eigenvalue weighted by Crippen LogP contribution is -2.27. The third kappa shape index (κ3) is 8.19. The number of anilines is 1. The second-order valence-electron chi connectivity index (χ2n) is 6.11. The van der Waals surface area contributed by atoms with Gasteiger partial charge < -0.3 is 14.8 Å². The summed E-state index contributed by atoms with van der Waals surface area (Å²) in [7, 11) is 0. The molecule has 0 bridgehead atoms. The Morgan fingerprint density at radius 1 is 1.19 bits per heavy atom. The van der Waals surface area contributed by atoms with Gasteiger partial charge in [-0.15, -0.1) is 0 Å². The van der Waals surface area contributed by atoms with Crippen LogP contribution in [0.5, 0.6) is 5.75 Å². The van der Waals surface area contributed by atoms with E-state index in [0.717, 1.165) is 12.3 Å². The highest BCUT2D eigenvalue weighted by molar-refractivity contribution is 5.84. The van der Waals surface area contributed by atoms with Crippen molar-refractivity contribution in [2.75, 3.05) is 18.5 Å². The maximum absolute atomic E-state index is 11.6. The lowest BCUT2D eigenvalue weighted by atomic mass is 10.2. The third-order valence-electron chi connectivity index (χ3n) is 2.42. The summed E-state index contributed by atoms with van der Waals surface area (Å²) in [5, 5.41) is 5.96. The topological polar surface area (TPSA) is 59.6 Å². The molecule has 0 heterocycles. The summed E-state index contributed by atoms with van der Waals surface area (Å²) in [5.74, 6) is 0.773. The molecule has 0 aliphatic carbocycles. The van der Waals surface area contributed by atoms with Crippen LogP contribution >= 0.6 is 0 Å². The van der Waals surface area contributed by atoms with E-state index in [1.165, 1.54) is 0 Å². The minimum atomic E-state index is -0.503. The van der Waals surface area contributed by atoms with Crippen molar-refractivity contribution in [1.29, 1.82) is 0 Å². The van der Waals surface area contributed by atoms with Gasteiger partial charge in [-0.1, -0.05) is 13.8 Å². The molecule has 1 amide bonds. The van der Waals surface area contributed by atoms with Crippen molar-refractivity contribution in [1.82, 2.24) is 5.32 Å². The molecule has 0 unspecified atom stereocenters. The van der Waals surface area contributed by atoms with Crippen molar-refractivity contribution in [3.05, 3.63) is 24.3 Å². The second kappa shape index (κ2) is 7.88. The van der Waals surface area contributed by atoms with E-state index in [0.29, 0.717) is 18.3 Å². The lowest BCUT2D eigenvalue weighted by molar-refractivity contribution is 0.0636. The van der Waals surface area contributed by atoms with Crippen LogP contribution in [0.3, 0.4) is 0 Å². The third-order valence-corrected chi connectivity index (χ3v) is 2.42. The maximum atomic E-state index is 11.6.